The second-order valence-electron chi connectivity index (χ2n) is 6.59. The Kier molecular flexibility index (Phi) is 3.82. The molecule has 0 unspecified atom stereocenters. The third kappa shape index (κ3) is 2.67. The van der Waals surface area contributed by atoms with Gasteiger partial charge in [-0.15, -0.1) is 0 Å². The summed E-state index contributed by atoms with van der Waals surface area (Å²) in [6, 6.07) is 11.2. The number of nitro groups is 1. The molecule has 0 fully saturated rings. The van der Waals surface area contributed by atoms with Gasteiger partial charge in [-0.3, -0.25) is 10.1 Å². The van der Waals surface area contributed by atoms with Crippen LogP contribution in [0.2, 0.25) is 0 Å². The van der Waals surface area contributed by atoms with E-state index in [1.165, 1.54) is 12.1 Å². The van der Waals surface area contributed by atoms with Crippen LogP contribution in [0.25, 0.3) is 0 Å². The van der Waals surface area contributed by atoms with Gasteiger partial charge in [0, 0.05) is 17.7 Å². The van der Waals surface area contributed by atoms with Crippen molar-refractivity contribution in [3.63, 3.8) is 0 Å². The molecule has 0 amide bonds. The molecule has 3 atom stereocenters. The van der Waals surface area contributed by atoms with E-state index in [4.69, 9.17) is 5.14 Å². The first-order chi connectivity index (χ1) is 12.4. The molecule has 1 heterocycles. The maximum Gasteiger partial charge on any atom is 0.274 e. The highest BCUT2D eigenvalue weighted by molar-refractivity contribution is 7.89. The molecule has 0 saturated carbocycles. The fraction of sp³-hybridized carbons (Fsp3) is 0.222. The summed E-state index contributed by atoms with van der Waals surface area (Å²) in [6.07, 6.45) is 4.84. The van der Waals surface area contributed by atoms with Gasteiger partial charge in [0.1, 0.15) is 0 Å². The molecule has 26 heavy (non-hydrogen) atoms. The van der Waals surface area contributed by atoms with Gasteiger partial charge < -0.3 is 5.32 Å². The molecular weight excluding hydrogens is 354 g/mol. The highest BCUT2D eigenvalue weighted by atomic mass is 32.2. The second kappa shape index (κ2) is 5.93. The van der Waals surface area contributed by atoms with Crippen molar-refractivity contribution >= 4 is 21.4 Å². The number of nitrogens with zero attached hydrogens (tertiary/aromatic N) is 1. The van der Waals surface area contributed by atoms with Crippen LogP contribution in [0.1, 0.15) is 29.5 Å². The average molecular weight is 371 g/mol. The van der Waals surface area contributed by atoms with Crippen molar-refractivity contribution in [2.75, 3.05) is 5.32 Å². The summed E-state index contributed by atoms with van der Waals surface area (Å²) in [6.45, 7) is 0. The van der Waals surface area contributed by atoms with E-state index >= 15 is 0 Å². The van der Waals surface area contributed by atoms with Gasteiger partial charge in [-0.25, -0.2) is 13.6 Å². The molecule has 3 N–H and O–H groups in total. The topological polar surface area (TPSA) is 115 Å². The van der Waals surface area contributed by atoms with E-state index in [2.05, 4.69) is 5.32 Å². The fourth-order valence-electron chi connectivity index (χ4n) is 3.97. The number of fused-ring (bicyclic) bond motifs is 3. The molecule has 0 radical (unpaired) electrons. The standard InChI is InChI=1S/C18H17N3O4S/c19-26(24,25)11-8-9-16-15(10-11)12-5-3-6-13(12)18(20-16)14-4-1-2-7-17(14)21(22)23/h1-5,7-10,12-13,18,20H,6H2,(H2,19,24,25)/t12-,13-,18+/m0/s1. The first kappa shape index (κ1) is 16.7. The molecule has 0 saturated heterocycles. The maximum absolute atomic E-state index is 11.7. The van der Waals surface area contributed by atoms with Crippen molar-refractivity contribution in [2.24, 2.45) is 11.1 Å². The number of para-hydroxylation sites is 1. The quantitative estimate of drug-likeness (QED) is 0.489. The zero-order valence-corrected chi connectivity index (χ0v) is 14.5. The molecule has 1 aliphatic heterocycles. The Morgan fingerprint density at radius 2 is 1.92 bits per heavy atom. The van der Waals surface area contributed by atoms with Crippen molar-refractivity contribution in [3.05, 3.63) is 75.9 Å². The largest absolute Gasteiger partial charge is 0.377 e. The fourth-order valence-corrected chi connectivity index (χ4v) is 4.52. The summed E-state index contributed by atoms with van der Waals surface area (Å²) in [5.41, 5.74) is 2.34. The molecule has 0 bridgehead atoms. The number of hydrogen-bond donors (Lipinski definition) is 2. The summed E-state index contributed by atoms with van der Waals surface area (Å²) >= 11 is 0. The average Bonchev–Trinajstić information content (AvgIpc) is 3.09. The number of sulfonamides is 1. The van der Waals surface area contributed by atoms with E-state index in [1.54, 1.807) is 30.3 Å². The van der Waals surface area contributed by atoms with Gasteiger partial charge in [-0.2, -0.15) is 0 Å². The van der Waals surface area contributed by atoms with Crippen LogP contribution in [-0.2, 0) is 10.0 Å². The number of benzene rings is 2. The monoisotopic (exact) mass is 371 g/mol. The van der Waals surface area contributed by atoms with Gasteiger partial charge in [0.25, 0.3) is 5.69 Å². The smallest absolute Gasteiger partial charge is 0.274 e. The summed E-state index contributed by atoms with van der Waals surface area (Å²) in [5, 5.41) is 20.1. The lowest BCUT2D eigenvalue weighted by atomic mass is 9.76. The number of allylic oxidation sites excluding steroid dienone is 2. The lowest BCUT2D eigenvalue weighted by Crippen LogP contribution is -2.30. The number of nitro benzene ring substituents is 1. The summed E-state index contributed by atoms with van der Waals surface area (Å²) in [5.74, 6) is 0.0529. The lowest BCUT2D eigenvalue weighted by Gasteiger charge is -2.37. The molecule has 2 aromatic carbocycles. The van der Waals surface area contributed by atoms with E-state index < -0.39 is 10.0 Å². The molecule has 0 aromatic heterocycles. The van der Waals surface area contributed by atoms with Crippen LogP contribution in [0, 0.1) is 16.0 Å². The minimum Gasteiger partial charge on any atom is -0.377 e. The van der Waals surface area contributed by atoms with Gasteiger partial charge in [0.15, 0.2) is 0 Å². The summed E-state index contributed by atoms with van der Waals surface area (Å²) < 4.78 is 23.4. The van der Waals surface area contributed by atoms with E-state index in [1.807, 2.05) is 12.2 Å². The number of primary sulfonamides is 1. The zero-order valence-electron chi connectivity index (χ0n) is 13.7. The van der Waals surface area contributed by atoms with Gasteiger partial charge >= 0.3 is 0 Å². The van der Waals surface area contributed by atoms with Gasteiger partial charge in [0.2, 0.25) is 10.0 Å². The van der Waals surface area contributed by atoms with E-state index in [0.717, 1.165) is 17.7 Å². The number of nitrogens with two attached hydrogens (primary N) is 1. The Hall–Kier alpha value is -2.71. The molecule has 7 nitrogen and oxygen atoms in total. The molecule has 0 spiro atoms. The minimum atomic E-state index is -3.79. The molecular formula is C18H17N3O4S. The lowest BCUT2D eigenvalue weighted by molar-refractivity contribution is -0.385. The maximum atomic E-state index is 11.7. The number of nitrogens with one attached hydrogen (secondary N) is 1. The molecule has 2 aliphatic rings. The van der Waals surface area contributed by atoms with Crippen LogP contribution in [0.3, 0.4) is 0 Å². The van der Waals surface area contributed by atoms with Crippen LogP contribution in [0.5, 0.6) is 0 Å². The van der Waals surface area contributed by atoms with Gasteiger partial charge in [0.05, 0.1) is 21.4 Å². The first-order valence-corrected chi connectivity index (χ1v) is 9.74. The molecule has 4 rings (SSSR count). The van der Waals surface area contributed by atoms with E-state index in [9.17, 15) is 18.5 Å². The van der Waals surface area contributed by atoms with Gasteiger partial charge in [-0.05, 0) is 36.1 Å². The third-order valence-electron chi connectivity index (χ3n) is 5.13. The Balaban J connectivity index is 1.83. The third-order valence-corrected chi connectivity index (χ3v) is 6.04. The van der Waals surface area contributed by atoms with Crippen LogP contribution in [0.15, 0.2) is 59.5 Å². The normalized spacial score (nSPS) is 23.8. The summed E-state index contributed by atoms with van der Waals surface area (Å²) in [7, 11) is -3.79. The van der Waals surface area contributed by atoms with E-state index in [-0.39, 0.29) is 33.4 Å². The molecule has 1 aliphatic carbocycles. The second-order valence-corrected chi connectivity index (χ2v) is 8.15. The Morgan fingerprint density at radius 1 is 1.15 bits per heavy atom. The highest BCUT2D eigenvalue weighted by Gasteiger charge is 2.40. The molecule has 2 aromatic rings. The molecule has 134 valence electrons. The predicted molar refractivity (Wildman–Crippen MR) is 97.3 cm³/mol. The van der Waals surface area contributed by atoms with Crippen molar-refractivity contribution in [1.82, 2.24) is 0 Å². The highest BCUT2D eigenvalue weighted by Crippen LogP contribution is 2.51. The van der Waals surface area contributed by atoms with Crippen molar-refractivity contribution in [1.29, 1.82) is 0 Å². The van der Waals surface area contributed by atoms with Gasteiger partial charge in [-0.1, -0.05) is 30.4 Å². The van der Waals surface area contributed by atoms with E-state index in [0.29, 0.717) is 5.56 Å². The van der Waals surface area contributed by atoms with Crippen LogP contribution in [-0.4, -0.2) is 13.3 Å². The Bertz CT molecular complexity index is 1030. The predicted octanol–water partition coefficient (Wildman–Crippen LogP) is 3.07. The summed E-state index contributed by atoms with van der Waals surface area (Å²) in [4.78, 5) is 11.1. The van der Waals surface area contributed by atoms with Crippen molar-refractivity contribution in [2.45, 2.75) is 23.3 Å². The first-order valence-electron chi connectivity index (χ1n) is 8.19. The Labute approximate surface area is 150 Å². The zero-order chi connectivity index (χ0) is 18.5. The molecule has 8 heteroatoms. The SMILES string of the molecule is NS(=O)(=O)c1ccc2c(c1)[C@H]1C=CC[C@@H]1[C@H](c1ccccc1[N+](=O)[O-])N2. The number of anilines is 1. The number of hydrogen-bond acceptors (Lipinski definition) is 5. The minimum absolute atomic E-state index is 0.0160. The van der Waals surface area contributed by atoms with Crippen molar-refractivity contribution < 1.29 is 13.3 Å². The Morgan fingerprint density at radius 3 is 2.65 bits per heavy atom. The van der Waals surface area contributed by atoms with Crippen LogP contribution >= 0.6 is 0 Å². The van der Waals surface area contributed by atoms with Crippen LogP contribution < -0.4 is 10.5 Å². The van der Waals surface area contributed by atoms with Crippen LogP contribution in [0.4, 0.5) is 11.4 Å². The number of rotatable bonds is 3. The van der Waals surface area contributed by atoms with Crippen molar-refractivity contribution in [3.8, 4) is 0 Å².